The van der Waals surface area contributed by atoms with Crippen LogP contribution in [0.1, 0.15) is 12.5 Å². The molecular weight excluding hydrogens is 225 g/mol. The van der Waals surface area contributed by atoms with Crippen molar-refractivity contribution in [2.45, 2.75) is 13.3 Å². The zero-order valence-electron chi connectivity index (χ0n) is 9.44. The summed E-state index contributed by atoms with van der Waals surface area (Å²) in [4.78, 5) is 21.8. The number of carboxylic acid groups (broad SMARTS) is 1. The van der Waals surface area contributed by atoms with Crippen LogP contribution in [0.15, 0.2) is 24.3 Å². The summed E-state index contributed by atoms with van der Waals surface area (Å²) < 4.78 is 13.2. The minimum Gasteiger partial charge on any atom is -0.481 e. The van der Waals surface area contributed by atoms with Gasteiger partial charge < -0.3 is 10.4 Å². The van der Waals surface area contributed by atoms with Gasteiger partial charge in [-0.25, -0.2) is 4.39 Å². The normalized spacial score (nSPS) is 11.9. The van der Waals surface area contributed by atoms with E-state index in [0.717, 1.165) is 0 Å². The lowest BCUT2D eigenvalue weighted by Gasteiger charge is -2.08. The summed E-state index contributed by atoms with van der Waals surface area (Å²) in [6, 6.07) is 6.27. The van der Waals surface area contributed by atoms with Gasteiger partial charge in [0.05, 0.1) is 0 Å². The highest BCUT2D eigenvalue weighted by atomic mass is 19.1. The Morgan fingerprint density at radius 3 is 2.65 bits per heavy atom. The van der Waals surface area contributed by atoms with Crippen LogP contribution in [0, 0.1) is 11.7 Å². The Labute approximate surface area is 98.5 Å². The highest BCUT2D eigenvalue weighted by molar-refractivity contribution is 5.96. The number of hydrogen-bond acceptors (Lipinski definition) is 2. The molecule has 0 bridgehead atoms. The second-order valence-corrected chi connectivity index (χ2v) is 3.69. The minimum absolute atomic E-state index is 0.220. The van der Waals surface area contributed by atoms with Crippen LogP contribution in [0.3, 0.4) is 0 Å². The van der Waals surface area contributed by atoms with Crippen molar-refractivity contribution in [2.24, 2.45) is 5.92 Å². The molecule has 0 saturated carbocycles. The Morgan fingerprint density at radius 2 is 2.06 bits per heavy atom. The number of nitrogens with one attached hydrogen (secondary N) is 1. The van der Waals surface area contributed by atoms with E-state index in [4.69, 9.17) is 5.11 Å². The quantitative estimate of drug-likeness (QED) is 0.759. The smallest absolute Gasteiger partial charge is 0.315 e. The first-order chi connectivity index (χ1) is 8.02. The van der Waals surface area contributed by atoms with Gasteiger partial charge in [-0.05, 0) is 25.0 Å². The molecule has 0 aromatic heterocycles. The number of benzene rings is 1. The van der Waals surface area contributed by atoms with Gasteiger partial charge in [-0.3, -0.25) is 9.59 Å². The largest absolute Gasteiger partial charge is 0.481 e. The summed E-state index contributed by atoms with van der Waals surface area (Å²) in [5.41, 5.74) is 0.496. The van der Waals surface area contributed by atoms with Crippen LogP contribution in [0.4, 0.5) is 4.39 Å². The van der Waals surface area contributed by atoms with E-state index in [0.29, 0.717) is 12.0 Å². The molecule has 4 nitrogen and oxygen atoms in total. The summed E-state index contributed by atoms with van der Waals surface area (Å²) >= 11 is 0. The third-order valence-corrected chi connectivity index (χ3v) is 2.42. The van der Waals surface area contributed by atoms with Crippen LogP contribution < -0.4 is 5.32 Å². The van der Waals surface area contributed by atoms with E-state index in [-0.39, 0.29) is 12.4 Å². The van der Waals surface area contributed by atoms with Crippen molar-refractivity contribution in [3.63, 3.8) is 0 Å². The van der Waals surface area contributed by atoms with Crippen molar-refractivity contribution < 1.29 is 19.1 Å². The first kappa shape index (κ1) is 13.2. The maximum absolute atomic E-state index is 13.2. The lowest BCUT2D eigenvalue weighted by Crippen LogP contribution is -2.34. The molecule has 1 atom stereocenters. The fourth-order valence-corrected chi connectivity index (χ4v) is 1.29. The van der Waals surface area contributed by atoms with Gasteiger partial charge in [0.15, 0.2) is 0 Å². The first-order valence-corrected chi connectivity index (χ1v) is 5.26. The van der Waals surface area contributed by atoms with Crippen LogP contribution in [-0.2, 0) is 16.0 Å². The highest BCUT2D eigenvalue weighted by Gasteiger charge is 2.19. The maximum Gasteiger partial charge on any atom is 0.315 e. The van der Waals surface area contributed by atoms with Crippen molar-refractivity contribution >= 4 is 11.9 Å². The van der Waals surface area contributed by atoms with E-state index in [2.05, 4.69) is 5.32 Å². The fourth-order valence-electron chi connectivity index (χ4n) is 1.29. The Hall–Kier alpha value is -1.91. The van der Waals surface area contributed by atoms with Gasteiger partial charge in [0, 0.05) is 6.54 Å². The van der Waals surface area contributed by atoms with Gasteiger partial charge >= 0.3 is 5.97 Å². The van der Waals surface area contributed by atoms with Gasteiger partial charge in [0.1, 0.15) is 11.7 Å². The summed E-state index contributed by atoms with van der Waals surface area (Å²) in [5, 5.41) is 11.0. The number of amides is 1. The van der Waals surface area contributed by atoms with Crippen molar-refractivity contribution in [2.75, 3.05) is 6.54 Å². The Kier molecular flexibility index (Phi) is 4.63. The number of hydrogen-bond donors (Lipinski definition) is 2. The van der Waals surface area contributed by atoms with E-state index < -0.39 is 17.8 Å². The number of carbonyl (C=O) groups excluding carboxylic acids is 1. The number of rotatable bonds is 5. The molecule has 0 aliphatic carbocycles. The van der Waals surface area contributed by atoms with Crippen molar-refractivity contribution in [3.8, 4) is 0 Å². The molecule has 1 amide bonds. The van der Waals surface area contributed by atoms with Gasteiger partial charge in [-0.1, -0.05) is 18.2 Å². The number of carboxylic acids is 1. The number of aliphatic carboxylic acids is 1. The molecule has 0 aliphatic rings. The van der Waals surface area contributed by atoms with Gasteiger partial charge in [0.25, 0.3) is 0 Å². The molecule has 1 unspecified atom stereocenters. The van der Waals surface area contributed by atoms with Crippen molar-refractivity contribution in [1.82, 2.24) is 5.32 Å². The third-order valence-electron chi connectivity index (χ3n) is 2.42. The maximum atomic E-state index is 13.2. The Morgan fingerprint density at radius 1 is 1.41 bits per heavy atom. The molecule has 1 rings (SSSR count). The van der Waals surface area contributed by atoms with E-state index in [1.807, 2.05) is 0 Å². The Bertz CT molecular complexity index is 420. The lowest BCUT2D eigenvalue weighted by atomic mass is 10.1. The highest BCUT2D eigenvalue weighted by Crippen LogP contribution is 2.06. The Balaban J connectivity index is 2.41. The molecule has 0 spiro atoms. The van der Waals surface area contributed by atoms with Gasteiger partial charge in [-0.2, -0.15) is 0 Å². The molecule has 1 aromatic carbocycles. The molecule has 2 N–H and O–H groups in total. The van der Waals surface area contributed by atoms with Crippen molar-refractivity contribution in [1.29, 1.82) is 0 Å². The van der Waals surface area contributed by atoms with E-state index in [9.17, 15) is 14.0 Å². The third kappa shape index (κ3) is 3.86. The molecular formula is C12H14FNO3. The second kappa shape index (κ2) is 5.98. The summed E-state index contributed by atoms with van der Waals surface area (Å²) in [5.74, 6) is -3.15. The number of halogens is 1. The molecule has 92 valence electrons. The SMILES string of the molecule is CC(C(=O)O)C(=O)NCCc1ccccc1F. The number of carbonyl (C=O) groups is 2. The van der Waals surface area contributed by atoms with Crippen LogP contribution in [-0.4, -0.2) is 23.5 Å². The average Bonchev–Trinajstić information content (AvgIpc) is 2.30. The van der Waals surface area contributed by atoms with Gasteiger partial charge in [0.2, 0.25) is 5.91 Å². The predicted molar refractivity (Wildman–Crippen MR) is 59.9 cm³/mol. The fraction of sp³-hybridized carbons (Fsp3) is 0.333. The molecule has 5 heteroatoms. The summed E-state index contributed by atoms with van der Waals surface area (Å²) in [6.07, 6.45) is 0.338. The lowest BCUT2D eigenvalue weighted by molar-refractivity contribution is -0.146. The van der Waals surface area contributed by atoms with Gasteiger partial charge in [-0.15, -0.1) is 0 Å². The molecule has 0 radical (unpaired) electrons. The molecule has 0 saturated heterocycles. The molecule has 0 heterocycles. The molecule has 0 aliphatic heterocycles. The average molecular weight is 239 g/mol. The van der Waals surface area contributed by atoms with E-state index in [1.54, 1.807) is 18.2 Å². The van der Waals surface area contributed by atoms with Crippen LogP contribution in [0.25, 0.3) is 0 Å². The predicted octanol–water partition coefficient (Wildman–Crippen LogP) is 1.21. The van der Waals surface area contributed by atoms with Crippen LogP contribution >= 0.6 is 0 Å². The molecule has 1 aromatic rings. The van der Waals surface area contributed by atoms with Crippen molar-refractivity contribution in [3.05, 3.63) is 35.6 Å². The van der Waals surface area contributed by atoms with Crippen LogP contribution in [0.5, 0.6) is 0 Å². The summed E-state index contributed by atoms with van der Waals surface area (Å²) in [6.45, 7) is 1.53. The minimum atomic E-state index is -1.17. The molecule has 0 fully saturated rings. The topological polar surface area (TPSA) is 66.4 Å². The van der Waals surface area contributed by atoms with E-state index in [1.165, 1.54) is 13.0 Å². The van der Waals surface area contributed by atoms with E-state index >= 15 is 0 Å². The summed E-state index contributed by atoms with van der Waals surface area (Å²) in [7, 11) is 0. The standard InChI is InChI=1S/C12H14FNO3/c1-8(12(16)17)11(15)14-7-6-9-4-2-3-5-10(9)13/h2-5,8H,6-7H2,1H3,(H,14,15)(H,16,17). The zero-order chi connectivity index (χ0) is 12.8. The monoisotopic (exact) mass is 239 g/mol. The van der Waals surface area contributed by atoms with Crippen LogP contribution in [0.2, 0.25) is 0 Å². The second-order valence-electron chi connectivity index (χ2n) is 3.69. The zero-order valence-corrected chi connectivity index (χ0v) is 9.44. The first-order valence-electron chi connectivity index (χ1n) is 5.26. The molecule has 17 heavy (non-hydrogen) atoms.